The van der Waals surface area contributed by atoms with Crippen molar-refractivity contribution in [2.75, 3.05) is 6.61 Å². The van der Waals surface area contributed by atoms with Gasteiger partial charge in [-0.15, -0.1) is 15.0 Å². The van der Waals surface area contributed by atoms with E-state index in [0.29, 0.717) is 23.2 Å². The van der Waals surface area contributed by atoms with Crippen LogP contribution in [0.1, 0.15) is 22.3 Å². The quantitative estimate of drug-likeness (QED) is 0.492. The zero-order valence-electron chi connectivity index (χ0n) is 15.4. The molecule has 0 atom stereocenters. The molecular weight excluding hydrogens is 366 g/mol. The van der Waals surface area contributed by atoms with Crippen molar-refractivity contribution in [3.8, 4) is 5.69 Å². The number of aromatic nitrogens is 4. The molecule has 0 saturated heterocycles. The lowest BCUT2D eigenvalue weighted by Gasteiger charge is -2.16. The van der Waals surface area contributed by atoms with Gasteiger partial charge in [0.25, 0.3) is 10.0 Å². The van der Waals surface area contributed by atoms with Crippen molar-refractivity contribution < 1.29 is 13.3 Å². The summed E-state index contributed by atoms with van der Waals surface area (Å²) in [5.41, 5.74) is 3.66. The summed E-state index contributed by atoms with van der Waals surface area (Å²) in [6.07, 6.45) is 1.90. The third-order valence-electron chi connectivity index (χ3n) is 4.18. The lowest BCUT2D eigenvalue weighted by atomic mass is 10.1. The smallest absolute Gasteiger partial charge is 0.263 e. The van der Waals surface area contributed by atoms with Crippen LogP contribution in [-0.4, -0.2) is 35.2 Å². The van der Waals surface area contributed by atoms with Crippen molar-refractivity contribution in [1.82, 2.24) is 25.1 Å². The van der Waals surface area contributed by atoms with Gasteiger partial charge in [-0.1, -0.05) is 41.3 Å². The van der Waals surface area contributed by atoms with Crippen molar-refractivity contribution in [3.05, 3.63) is 65.0 Å². The molecule has 0 saturated carbocycles. The zero-order chi connectivity index (χ0) is 19.4. The molecule has 0 fully saturated rings. The maximum Gasteiger partial charge on any atom is 0.263 e. The van der Waals surface area contributed by atoms with Gasteiger partial charge in [-0.25, -0.2) is 8.42 Å². The fraction of sp³-hybridized carbons (Fsp3) is 0.278. The summed E-state index contributed by atoms with van der Waals surface area (Å²) >= 11 is 0. The first kappa shape index (κ1) is 19.2. The number of tetrazole rings is 1. The number of nitrogens with zero attached hydrogens (tertiary/aromatic N) is 4. The topological polar surface area (TPSA) is 99.0 Å². The first-order chi connectivity index (χ1) is 12.9. The van der Waals surface area contributed by atoms with Crippen molar-refractivity contribution >= 4 is 10.0 Å². The van der Waals surface area contributed by atoms with Gasteiger partial charge < -0.3 is 0 Å². The van der Waals surface area contributed by atoms with Crippen LogP contribution in [0.15, 0.2) is 47.6 Å². The normalized spacial score (nSPS) is 11.7. The Morgan fingerprint density at radius 2 is 1.85 bits per heavy atom. The molecule has 2 aromatic carbocycles. The summed E-state index contributed by atoms with van der Waals surface area (Å²) in [5.74, 6) is 0. The molecule has 1 aromatic heterocycles. The van der Waals surface area contributed by atoms with Gasteiger partial charge in [0, 0.05) is 0 Å². The molecule has 9 heteroatoms. The van der Waals surface area contributed by atoms with E-state index in [2.05, 4.69) is 20.3 Å². The Balaban J connectivity index is 1.81. The molecule has 0 bridgehead atoms. The minimum absolute atomic E-state index is 0.153. The Labute approximate surface area is 158 Å². The molecule has 8 nitrogen and oxygen atoms in total. The van der Waals surface area contributed by atoms with Crippen molar-refractivity contribution in [3.63, 3.8) is 0 Å². The number of nitrogens with one attached hydrogen (secondary N) is 1. The van der Waals surface area contributed by atoms with Crippen LogP contribution in [0.2, 0.25) is 0 Å². The highest BCUT2D eigenvalue weighted by Gasteiger charge is 2.24. The molecule has 3 rings (SSSR count). The van der Waals surface area contributed by atoms with Crippen LogP contribution >= 0.6 is 0 Å². The Morgan fingerprint density at radius 3 is 2.52 bits per heavy atom. The lowest BCUT2D eigenvalue weighted by molar-refractivity contribution is 0.0958. The van der Waals surface area contributed by atoms with E-state index in [9.17, 15) is 8.42 Å². The molecule has 0 aliphatic heterocycles. The number of rotatable bonds is 7. The highest BCUT2D eigenvalue weighted by Crippen LogP contribution is 2.28. The Morgan fingerprint density at radius 1 is 1.11 bits per heavy atom. The van der Waals surface area contributed by atoms with Gasteiger partial charge in [-0.2, -0.15) is 0 Å². The fourth-order valence-corrected chi connectivity index (χ4v) is 4.43. The van der Waals surface area contributed by atoms with Crippen molar-refractivity contribution in [2.45, 2.75) is 32.1 Å². The van der Waals surface area contributed by atoms with Crippen LogP contribution in [0.4, 0.5) is 0 Å². The second kappa shape index (κ2) is 7.95. The van der Waals surface area contributed by atoms with E-state index < -0.39 is 10.0 Å². The van der Waals surface area contributed by atoms with E-state index in [1.54, 1.807) is 19.9 Å². The van der Waals surface area contributed by atoms with Gasteiger partial charge in [0.2, 0.25) is 0 Å². The molecule has 0 unspecified atom stereocenters. The SMILES string of the molecule is Cc1cc(C)c(S(=O)(=O)NOCCc2ccccc2)c(C)c1-n1ncnn1. The van der Waals surface area contributed by atoms with Gasteiger partial charge >= 0.3 is 0 Å². The number of hydrogen-bond acceptors (Lipinski definition) is 6. The first-order valence-corrected chi connectivity index (χ1v) is 9.90. The Bertz CT molecular complexity index is 1020. The molecule has 0 amide bonds. The molecule has 142 valence electrons. The van der Waals surface area contributed by atoms with Crippen LogP contribution < -0.4 is 4.89 Å². The minimum Gasteiger partial charge on any atom is -0.286 e. The van der Waals surface area contributed by atoms with E-state index in [4.69, 9.17) is 4.84 Å². The van der Waals surface area contributed by atoms with Crippen molar-refractivity contribution in [1.29, 1.82) is 0 Å². The molecule has 0 aliphatic carbocycles. The summed E-state index contributed by atoms with van der Waals surface area (Å²) in [6.45, 7) is 5.57. The van der Waals surface area contributed by atoms with E-state index in [-0.39, 0.29) is 11.5 Å². The zero-order valence-corrected chi connectivity index (χ0v) is 16.2. The molecule has 27 heavy (non-hydrogen) atoms. The van der Waals surface area contributed by atoms with E-state index in [0.717, 1.165) is 11.1 Å². The van der Waals surface area contributed by atoms with Gasteiger partial charge in [-0.3, -0.25) is 4.84 Å². The van der Waals surface area contributed by atoms with E-state index in [1.807, 2.05) is 37.3 Å². The minimum atomic E-state index is -3.87. The predicted octanol–water partition coefficient (Wildman–Crippen LogP) is 2.04. The van der Waals surface area contributed by atoms with Gasteiger partial charge in [0.05, 0.1) is 17.2 Å². The molecule has 0 radical (unpaired) electrons. The fourth-order valence-electron chi connectivity index (χ4n) is 3.12. The summed E-state index contributed by atoms with van der Waals surface area (Å²) in [5, 5.41) is 11.6. The number of sulfonamides is 1. The van der Waals surface area contributed by atoms with Gasteiger partial charge in [-0.05, 0) is 54.7 Å². The molecule has 3 aromatic rings. The third kappa shape index (κ3) is 4.21. The first-order valence-electron chi connectivity index (χ1n) is 8.42. The number of aryl methyl sites for hydroxylation is 2. The second-order valence-electron chi connectivity index (χ2n) is 6.21. The van der Waals surface area contributed by atoms with Crippen LogP contribution in [0.25, 0.3) is 5.69 Å². The largest absolute Gasteiger partial charge is 0.286 e. The maximum atomic E-state index is 12.8. The summed E-state index contributed by atoms with van der Waals surface area (Å²) in [7, 11) is -3.87. The maximum absolute atomic E-state index is 12.8. The molecule has 1 heterocycles. The van der Waals surface area contributed by atoms with E-state index in [1.165, 1.54) is 11.1 Å². The average molecular weight is 387 g/mol. The molecule has 0 aliphatic rings. The number of benzene rings is 2. The Hall–Kier alpha value is -2.62. The van der Waals surface area contributed by atoms with E-state index >= 15 is 0 Å². The molecule has 1 N–H and O–H groups in total. The third-order valence-corrected chi connectivity index (χ3v) is 5.69. The van der Waals surface area contributed by atoms with Gasteiger partial charge in [0.15, 0.2) is 6.33 Å². The standard InChI is InChI=1S/C18H21N5O3S/c1-13-11-14(2)18(15(3)17(13)23-20-12-19-21-23)27(24,25)22-26-10-9-16-7-5-4-6-8-16/h4-8,11-12,22H,9-10H2,1-3H3. The van der Waals surface area contributed by atoms with Crippen LogP contribution in [0.3, 0.4) is 0 Å². The number of hydrogen-bond donors (Lipinski definition) is 1. The van der Waals surface area contributed by atoms with Crippen molar-refractivity contribution in [2.24, 2.45) is 0 Å². The molecule has 0 spiro atoms. The van der Waals surface area contributed by atoms with Crippen LogP contribution in [0.5, 0.6) is 0 Å². The monoisotopic (exact) mass is 387 g/mol. The Kier molecular flexibility index (Phi) is 5.64. The lowest BCUT2D eigenvalue weighted by Crippen LogP contribution is -2.27. The predicted molar refractivity (Wildman–Crippen MR) is 99.8 cm³/mol. The summed E-state index contributed by atoms with van der Waals surface area (Å²) in [6, 6.07) is 11.5. The van der Waals surface area contributed by atoms with Crippen LogP contribution in [-0.2, 0) is 21.3 Å². The average Bonchev–Trinajstić information content (AvgIpc) is 3.13. The molecular formula is C18H21N5O3S. The summed E-state index contributed by atoms with van der Waals surface area (Å²) < 4.78 is 25.6. The van der Waals surface area contributed by atoms with Crippen LogP contribution in [0, 0.1) is 20.8 Å². The highest BCUT2D eigenvalue weighted by atomic mass is 32.2. The second-order valence-corrected chi connectivity index (χ2v) is 7.79. The van der Waals surface area contributed by atoms with Gasteiger partial charge in [0.1, 0.15) is 0 Å². The summed E-state index contributed by atoms with van der Waals surface area (Å²) in [4.78, 5) is 8.94. The highest BCUT2D eigenvalue weighted by molar-refractivity contribution is 7.89.